The quantitative estimate of drug-likeness (QED) is 0.800. The Morgan fingerprint density at radius 2 is 1.78 bits per heavy atom. The Kier molecular flexibility index (Phi) is 4.80. The topological polar surface area (TPSA) is 20.3 Å². The lowest BCUT2D eigenvalue weighted by Crippen LogP contribution is -2.31. The van der Waals surface area contributed by atoms with E-state index in [0.29, 0.717) is 12.3 Å². The van der Waals surface area contributed by atoms with Gasteiger partial charge in [-0.3, -0.25) is 4.79 Å². The van der Waals surface area contributed by atoms with Crippen molar-refractivity contribution in [2.45, 2.75) is 45.4 Å². The van der Waals surface area contributed by atoms with Gasteiger partial charge in [-0.05, 0) is 37.3 Å². The van der Waals surface area contributed by atoms with E-state index in [4.69, 9.17) is 0 Å². The lowest BCUT2D eigenvalue weighted by atomic mass is 10.0. The zero-order chi connectivity index (χ0) is 12.8. The molecule has 0 unspecified atom stereocenters. The molecule has 0 radical (unpaired) electrons. The van der Waals surface area contributed by atoms with Crippen molar-refractivity contribution in [1.29, 1.82) is 0 Å². The van der Waals surface area contributed by atoms with Gasteiger partial charge in [-0.15, -0.1) is 0 Å². The smallest absolute Gasteiger partial charge is 0.222 e. The summed E-state index contributed by atoms with van der Waals surface area (Å²) in [6.45, 7) is 4.05. The van der Waals surface area contributed by atoms with E-state index >= 15 is 0 Å². The molecule has 1 amide bonds. The first-order valence-electron chi connectivity index (χ1n) is 7.09. The molecule has 1 aliphatic heterocycles. The van der Waals surface area contributed by atoms with Crippen molar-refractivity contribution in [2.24, 2.45) is 0 Å². The standard InChI is InChI=1S/C16H23NO/c1-14-8-4-5-9-15(14)10-11-16(18)17-12-6-2-3-7-13-17/h4-5,8-9H,2-3,6-7,10-13H2,1H3. The zero-order valence-electron chi connectivity index (χ0n) is 11.3. The third-order valence-electron chi connectivity index (χ3n) is 3.83. The molecule has 0 bridgehead atoms. The Balaban J connectivity index is 1.86. The van der Waals surface area contributed by atoms with E-state index in [0.717, 1.165) is 19.5 Å². The molecular weight excluding hydrogens is 222 g/mol. The number of rotatable bonds is 3. The fourth-order valence-electron chi connectivity index (χ4n) is 2.61. The number of nitrogens with zero attached hydrogens (tertiary/aromatic N) is 1. The number of hydrogen-bond donors (Lipinski definition) is 0. The SMILES string of the molecule is Cc1ccccc1CCC(=O)N1CCCCCC1. The van der Waals surface area contributed by atoms with Gasteiger partial charge in [0.25, 0.3) is 0 Å². The number of likely N-dealkylation sites (tertiary alicyclic amines) is 1. The van der Waals surface area contributed by atoms with Gasteiger partial charge in [-0.2, -0.15) is 0 Å². The minimum atomic E-state index is 0.333. The minimum Gasteiger partial charge on any atom is -0.343 e. The Labute approximate surface area is 110 Å². The first kappa shape index (κ1) is 13.1. The van der Waals surface area contributed by atoms with Gasteiger partial charge in [0.2, 0.25) is 5.91 Å². The Hall–Kier alpha value is -1.31. The van der Waals surface area contributed by atoms with E-state index in [1.807, 2.05) is 0 Å². The van der Waals surface area contributed by atoms with Gasteiger partial charge in [0.15, 0.2) is 0 Å². The lowest BCUT2D eigenvalue weighted by Gasteiger charge is -2.20. The van der Waals surface area contributed by atoms with Crippen LogP contribution in [-0.4, -0.2) is 23.9 Å². The van der Waals surface area contributed by atoms with Crippen LogP contribution in [0.15, 0.2) is 24.3 Å². The molecule has 1 heterocycles. The summed E-state index contributed by atoms with van der Waals surface area (Å²) in [6, 6.07) is 8.35. The number of carbonyl (C=O) groups excluding carboxylic acids is 1. The van der Waals surface area contributed by atoms with Gasteiger partial charge in [-0.1, -0.05) is 37.1 Å². The van der Waals surface area contributed by atoms with Crippen LogP contribution in [0.3, 0.4) is 0 Å². The van der Waals surface area contributed by atoms with Crippen LogP contribution < -0.4 is 0 Å². The van der Waals surface area contributed by atoms with Gasteiger partial charge < -0.3 is 4.90 Å². The van der Waals surface area contributed by atoms with Crippen LogP contribution in [0.1, 0.15) is 43.2 Å². The molecule has 2 rings (SSSR count). The molecule has 0 N–H and O–H groups in total. The molecule has 0 aliphatic carbocycles. The number of aryl methyl sites for hydroxylation is 2. The Morgan fingerprint density at radius 3 is 2.44 bits per heavy atom. The number of hydrogen-bond acceptors (Lipinski definition) is 1. The summed E-state index contributed by atoms with van der Waals surface area (Å²) in [6.07, 6.45) is 6.45. The highest BCUT2D eigenvalue weighted by molar-refractivity contribution is 5.76. The van der Waals surface area contributed by atoms with Crippen LogP contribution in [0.4, 0.5) is 0 Å². The monoisotopic (exact) mass is 245 g/mol. The van der Waals surface area contributed by atoms with Gasteiger partial charge >= 0.3 is 0 Å². The van der Waals surface area contributed by atoms with Crippen LogP contribution in [0.25, 0.3) is 0 Å². The fourth-order valence-corrected chi connectivity index (χ4v) is 2.61. The second kappa shape index (κ2) is 6.58. The van der Waals surface area contributed by atoms with E-state index in [9.17, 15) is 4.79 Å². The highest BCUT2D eigenvalue weighted by atomic mass is 16.2. The molecule has 1 aromatic carbocycles. The van der Waals surface area contributed by atoms with Gasteiger partial charge in [0, 0.05) is 19.5 Å². The lowest BCUT2D eigenvalue weighted by molar-refractivity contribution is -0.131. The minimum absolute atomic E-state index is 0.333. The highest BCUT2D eigenvalue weighted by Gasteiger charge is 2.15. The van der Waals surface area contributed by atoms with E-state index < -0.39 is 0 Å². The van der Waals surface area contributed by atoms with Crippen molar-refractivity contribution >= 4 is 5.91 Å². The van der Waals surface area contributed by atoms with Gasteiger partial charge in [0.05, 0.1) is 0 Å². The molecule has 1 fully saturated rings. The molecule has 18 heavy (non-hydrogen) atoms. The molecule has 0 atom stereocenters. The van der Waals surface area contributed by atoms with E-state index in [1.165, 1.54) is 36.8 Å². The van der Waals surface area contributed by atoms with Crippen molar-refractivity contribution in [3.8, 4) is 0 Å². The molecule has 1 saturated heterocycles. The largest absolute Gasteiger partial charge is 0.343 e. The summed E-state index contributed by atoms with van der Waals surface area (Å²) >= 11 is 0. The molecule has 98 valence electrons. The summed E-state index contributed by atoms with van der Waals surface area (Å²) in [7, 11) is 0. The van der Waals surface area contributed by atoms with E-state index in [-0.39, 0.29) is 0 Å². The molecule has 1 aliphatic rings. The van der Waals surface area contributed by atoms with Crippen LogP contribution in [0, 0.1) is 6.92 Å². The number of amides is 1. The third kappa shape index (κ3) is 3.59. The molecular formula is C16H23NO. The number of benzene rings is 1. The molecule has 0 aromatic heterocycles. The average molecular weight is 245 g/mol. The van der Waals surface area contributed by atoms with E-state index in [2.05, 4.69) is 36.1 Å². The highest BCUT2D eigenvalue weighted by Crippen LogP contribution is 2.13. The maximum atomic E-state index is 12.2. The molecule has 2 heteroatoms. The normalized spacial score (nSPS) is 16.4. The third-order valence-corrected chi connectivity index (χ3v) is 3.83. The van der Waals surface area contributed by atoms with Gasteiger partial charge in [0.1, 0.15) is 0 Å². The van der Waals surface area contributed by atoms with Crippen molar-refractivity contribution in [3.05, 3.63) is 35.4 Å². The van der Waals surface area contributed by atoms with Crippen molar-refractivity contribution in [3.63, 3.8) is 0 Å². The first-order valence-corrected chi connectivity index (χ1v) is 7.09. The van der Waals surface area contributed by atoms with Crippen LogP contribution >= 0.6 is 0 Å². The van der Waals surface area contributed by atoms with E-state index in [1.54, 1.807) is 0 Å². The second-order valence-electron chi connectivity index (χ2n) is 5.22. The average Bonchev–Trinajstić information content (AvgIpc) is 2.66. The maximum absolute atomic E-state index is 12.2. The predicted octanol–water partition coefficient (Wildman–Crippen LogP) is 3.33. The van der Waals surface area contributed by atoms with Crippen molar-refractivity contribution in [2.75, 3.05) is 13.1 Å². The van der Waals surface area contributed by atoms with Crippen LogP contribution in [0.5, 0.6) is 0 Å². The second-order valence-corrected chi connectivity index (χ2v) is 5.22. The van der Waals surface area contributed by atoms with Gasteiger partial charge in [-0.25, -0.2) is 0 Å². The Bertz CT molecular complexity index is 392. The van der Waals surface area contributed by atoms with Crippen LogP contribution in [0.2, 0.25) is 0 Å². The zero-order valence-corrected chi connectivity index (χ0v) is 11.3. The molecule has 1 aromatic rings. The summed E-state index contributed by atoms with van der Waals surface area (Å²) in [5.74, 6) is 0.333. The number of carbonyl (C=O) groups is 1. The van der Waals surface area contributed by atoms with Crippen LogP contribution in [-0.2, 0) is 11.2 Å². The van der Waals surface area contributed by atoms with Crippen molar-refractivity contribution in [1.82, 2.24) is 4.90 Å². The summed E-state index contributed by atoms with van der Waals surface area (Å²) < 4.78 is 0. The molecule has 2 nitrogen and oxygen atoms in total. The molecule has 0 saturated carbocycles. The predicted molar refractivity (Wildman–Crippen MR) is 74.5 cm³/mol. The summed E-state index contributed by atoms with van der Waals surface area (Å²) in [4.78, 5) is 14.2. The Morgan fingerprint density at radius 1 is 1.11 bits per heavy atom. The molecule has 0 spiro atoms. The maximum Gasteiger partial charge on any atom is 0.222 e. The summed E-state index contributed by atoms with van der Waals surface area (Å²) in [5, 5.41) is 0. The first-order chi connectivity index (χ1) is 8.77. The van der Waals surface area contributed by atoms with Crippen molar-refractivity contribution < 1.29 is 4.79 Å². The fraction of sp³-hybridized carbons (Fsp3) is 0.562. The summed E-state index contributed by atoms with van der Waals surface area (Å²) in [5.41, 5.74) is 2.60.